The molecule has 0 spiro atoms. The topological polar surface area (TPSA) is 89.3 Å². The van der Waals surface area contributed by atoms with E-state index in [1.807, 2.05) is 0 Å². The normalized spacial score (nSPS) is 10.8. The molecule has 0 aliphatic rings. The molecule has 0 bridgehead atoms. The lowest BCUT2D eigenvalue weighted by atomic mass is 10.2. The van der Waals surface area contributed by atoms with Crippen LogP contribution in [0.25, 0.3) is 0 Å². The SMILES string of the molecule is C=CCNC(=O)c1ccc(S(N)(=O)=O)cc1. The molecule has 1 rings (SSSR count). The molecule has 0 heterocycles. The number of nitrogens with two attached hydrogens (primary N) is 1. The first-order valence-electron chi connectivity index (χ1n) is 4.47. The molecular formula is C10H12N2O3S. The Labute approximate surface area is 94.0 Å². The fourth-order valence-corrected chi connectivity index (χ4v) is 1.58. The number of amides is 1. The minimum Gasteiger partial charge on any atom is -0.349 e. The van der Waals surface area contributed by atoms with E-state index in [1.54, 1.807) is 6.08 Å². The van der Waals surface area contributed by atoms with Crippen molar-refractivity contribution in [2.45, 2.75) is 4.90 Å². The number of rotatable bonds is 4. The minimum atomic E-state index is -3.71. The van der Waals surface area contributed by atoms with Crippen molar-refractivity contribution in [1.82, 2.24) is 5.32 Å². The van der Waals surface area contributed by atoms with E-state index in [0.717, 1.165) is 0 Å². The van der Waals surface area contributed by atoms with Gasteiger partial charge in [-0.05, 0) is 24.3 Å². The molecule has 1 aromatic carbocycles. The molecule has 3 N–H and O–H groups in total. The zero-order valence-electron chi connectivity index (χ0n) is 8.51. The fraction of sp³-hybridized carbons (Fsp3) is 0.100. The second-order valence-electron chi connectivity index (χ2n) is 3.07. The number of hydrogen-bond acceptors (Lipinski definition) is 3. The Morgan fingerprint density at radius 1 is 1.38 bits per heavy atom. The van der Waals surface area contributed by atoms with Gasteiger partial charge in [0.25, 0.3) is 5.91 Å². The van der Waals surface area contributed by atoms with Gasteiger partial charge in [-0.3, -0.25) is 4.79 Å². The molecule has 0 aromatic heterocycles. The molecule has 0 saturated carbocycles. The van der Waals surface area contributed by atoms with E-state index >= 15 is 0 Å². The standard InChI is InChI=1S/C10H12N2O3S/c1-2-7-12-10(13)8-3-5-9(6-4-8)16(11,14)15/h2-6H,1,7H2,(H,12,13)(H2,11,14,15). The number of carbonyl (C=O) groups is 1. The Balaban J connectivity index is 2.87. The molecule has 0 fully saturated rings. The summed E-state index contributed by atoms with van der Waals surface area (Å²) in [5.74, 6) is -0.291. The zero-order chi connectivity index (χ0) is 12.2. The van der Waals surface area contributed by atoms with Gasteiger partial charge in [-0.15, -0.1) is 6.58 Å². The quantitative estimate of drug-likeness (QED) is 0.739. The van der Waals surface area contributed by atoms with Crippen LogP contribution in [0.15, 0.2) is 41.8 Å². The molecule has 5 nitrogen and oxygen atoms in total. The summed E-state index contributed by atoms with van der Waals surface area (Å²) >= 11 is 0. The lowest BCUT2D eigenvalue weighted by Gasteiger charge is -2.03. The Hall–Kier alpha value is -1.66. The van der Waals surface area contributed by atoms with Crippen LogP contribution in [0, 0.1) is 0 Å². The third-order valence-electron chi connectivity index (χ3n) is 1.85. The average molecular weight is 240 g/mol. The highest BCUT2D eigenvalue weighted by Gasteiger charge is 2.09. The van der Waals surface area contributed by atoms with Crippen molar-refractivity contribution in [2.75, 3.05) is 6.54 Å². The summed E-state index contributed by atoms with van der Waals surface area (Å²) in [5, 5.41) is 7.49. The lowest BCUT2D eigenvalue weighted by molar-refractivity contribution is 0.0958. The monoisotopic (exact) mass is 240 g/mol. The molecule has 0 aliphatic heterocycles. The Morgan fingerprint density at radius 3 is 2.38 bits per heavy atom. The van der Waals surface area contributed by atoms with Gasteiger partial charge in [0, 0.05) is 12.1 Å². The molecule has 0 unspecified atom stereocenters. The van der Waals surface area contributed by atoms with E-state index in [1.165, 1.54) is 24.3 Å². The number of benzene rings is 1. The van der Waals surface area contributed by atoms with Gasteiger partial charge in [-0.25, -0.2) is 13.6 Å². The molecule has 0 aliphatic carbocycles. The number of sulfonamides is 1. The summed E-state index contributed by atoms with van der Waals surface area (Å²) in [6.07, 6.45) is 1.55. The van der Waals surface area contributed by atoms with Gasteiger partial charge < -0.3 is 5.32 Å². The molecule has 0 atom stereocenters. The molecule has 0 saturated heterocycles. The highest BCUT2D eigenvalue weighted by Crippen LogP contribution is 2.08. The fourth-order valence-electron chi connectivity index (χ4n) is 1.06. The van der Waals surface area contributed by atoms with Crippen molar-refractivity contribution in [3.63, 3.8) is 0 Å². The van der Waals surface area contributed by atoms with E-state index in [9.17, 15) is 13.2 Å². The largest absolute Gasteiger partial charge is 0.349 e. The van der Waals surface area contributed by atoms with Crippen molar-refractivity contribution in [1.29, 1.82) is 0 Å². The van der Waals surface area contributed by atoms with Crippen molar-refractivity contribution >= 4 is 15.9 Å². The van der Waals surface area contributed by atoms with Crippen LogP contribution in [0.4, 0.5) is 0 Å². The summed E-state index contributed by atoms with van der Waals surface area (Å²) < 4.78 is 21.9. The van der Waals surface area contributed by atoms with Gasteiger partial charge in [0.1, 0.15) is 0 Å². The van der Waals surface area contributed by atoms with Gasteiger partial charge in [0.2, 0.25) is 10.0 Å². The van der Waals surface area contributed by atoms with E-state index < -0.39 is 10.0 Å². The summed E-state index contributed by atoms with van der Waals surface area (Å²) in [6, 6.07) is 5.38. The molecule has 1 amide bonds. The third-order valence-corrected chi connectivity index (χ3v) is 2.78. The summed E-state index contributed by atoms with van der Waals surface area (Å²) in [6.45, 7) is 3.82. The average Bonchev–Trinajstić information content (AvgIpc) is 2.25. The van der Waals surface area contributed by atoms with Crippen molar-refractivity contribution in [3.05, 3.63) is 42.5 Å². The summed E-state index contributed by atoms with van der Waals surface area (Å²) in [5.41, 5.74) is 0.370. The Kier molecular flexibility index (Phi) is 3.81. The maximum absolute atomic E-state index is 11.4. The number of nitrogens with one attached hydrogen (secondary N) is 1. The van der Waals surface area contributed by atoms with Crippen LogP contribution in [0.5, 0.6) is 0 Å². The van der Waals surface area contributed by atoms with Gasteiger partial charge >= 0.3 is 0 Å². The minimum absolute atomic E-state index is 0.0206. The van der Waals surface area contributed by atoms with Gasteiger partial charge in [-0.1, -0.05) is 6.08 Å². The van der Waals surface area contributed by atoms with Crippen LogP contribution in [0.1, 0.15) is 10.4 Å². The van der Waals surface area contributed by atoms with E-state index in [0.29, 0.717) is 12.1 Å². The maximum Gasteiger partial charge on any atom is 0.251 e. The van der Waals surface area contributed by atoms with Gasteiger partial charge in [-0.2, -0.15) is 0 Å². The number of primary sulfonamides is 1. The maximum atomic E-state index is 11.4. The van der Waals surface area contributed by atoms with E-state index in [2.05, 4.69) is 11.9 Å². The second-order valence-corrected chi connectivity index (χ2v) is 4.63. The van der Waals surface area contributed by atoms with Crippen LogP contribution < -0.4 is 10.5 Å². The molecule has 1 aromatic rings. The van der Waals surface area contributed by atoms with E-state index in [-0.39, 0.29) is 10.8 Å². The first kappa shape index (κ1) is 12.4. The number of hydrogen-bond donors (Lipinski definition) is 2. The van der Waals surface area contributed by atoms with E-state index in [4.69, 9.17) is 5.14 Å². The predicted octanol–water partition coefficient (Wildman–Crippen LogP) is 0.250. The molecular weight excluding hydrogens is 228 g/mol. The van der Waals surface area contributed by atoms with Crippen molar-refractivity contribution in [2.24, 2.45) is 5.14 Å². The summed E-state index contributed by atoms with van der Waals surface area (Å²) in [7, 11) is -3.71. The van der Waals surface area contributed by atoms with Crippen molar-refractivity contribution in [3.8, 4) is 0 Å². The first-order valence-corrected chi connectivity index (χ1v) is 6.02. The molecule has 16 heavy (non-hydrogen) atoms. The van der Waals surface area contributed by atoms with Crippen LogP contribution in [0.2, 0.25) is 0 Å². The predicted molar refractivity (Wildman–Crippen MR) is 60.3 cm³/mol. The Bertz CT molecular complexity index is 491. The van der Waals surface area contributed by atoms with Gasteiger partial charge in [0.05, 0.1) is 4.90 Å². The zero-order valence-corrected chi connectivity index (χ0v) is 9.33. The molecule has 86 valence electrons. The highest BCUT2D eigenvalue weighted by molar-refractivity contribution is 7.89. The van der Waals surface area contributed by atoms with Crippen molar-refractivity contribution < 1.29 is 13.2 Å². The van der Waals surface area contributed by atoms with Crippen LogP contribution in [0.3, 0.4) is 0 Å². The molecule has 0 radical (unpaired) electrons. The highest BCUT2D eigenvalue weighted by atomic mass is 32.2. The summed E-state index contributed by atoms with van der Waals surface area (Å²) in [4.78, 5) is 11.4. The molecule has 6 heteroatoms. The second kappa shape index (κ2) is 4.91. The third kappa shape index (κ3) is 3.18. The first-order chi connectivity index (χ1) is 7.45. The Morgan fingerprint density at radius 2 is 1.94 bits per heavy atom. The number of carbonyl (C=O) groups excluding carboxylic acids is 1. The van der Waals surface area contributed by atoms with Crippen LogP contribution in [-0.4, -0.2) is 20.9 Å². The van der Waals surface area contributed by atoms with Crippen LogP contribution in [-0.2, 0) is 10.0 Å². The van der Waals surface area contributed by atoms with Crippen LogP contribution >= 0.6 is 0 Å². The smallest absolute Gasteiger partial charge is 0.251 e. The lowest BCUT2D eigenvalue weighted by Crippen LogP contribution is -2.23. The van der Waals surface area contributed by atoms with Gasteiger partial charge in [0.15, 0.2) is 0 Å².